The van der Waals surface area contributed by atoms with Crippen molar-refractivity contribution in [1.82, 2.24) is 0 Å². The molecule has 0 saturated carbocycles. The van der Waals surface area contributed by atoms with E-state index in [0.29, 0.717) is 6.42 Å². The van der Waals surface area contributed by atoms with Crippen molar-refractivity contribution in [2.75, 3.05) is 0 Å². The molecule has 2 nitrogen and oxygen atoms in total. The second-order valence-corrected chi connectivity index (χ2v) is 5.87. The van der Waals surface area contributed by atoms with Crippen LogP contribution in [0.15, 0.2) is 23.3 Å². The van der Waals surface area contributed by atoms with Crippen molar-refractivity contribution in [2.24, 2.45) is 0 Å². The van der Waals surface area contributed by atoms with Gasteiger partial charge in [-0.3, -0.25) is 9.13 Å². The minimum Gasteiger partial charge on any atom is -0.274 e. The van der Waals surface area contributed by atoms with Crippen LogP contribution in [0.2, 0.25) is 0 Å². The monoisotopic (exact) mass is 244 g/mol. The van der Waals surface area contributed by atoms with Crippen LogP contribution < -0.4 is 0 Å². The van der Waals surface area contributed by atoms with Crippen LogP contribution in [-0.2, 0) is 9.13 Å². The second kappa shape index (κ2) is 8.95. The molecule has 0 radical (unpaired) electrons. The molecule has 15 heavy (non-hydrogen) atoms. The molecule has 0 spiro atoms. The van der Waals surface area contributed by atoms with Crippen LogP contribution in [0, 0.1) is 0 Å². The summed E-state index contributed by atoms with van der Waals surface area (Å²) in [4.78, 5) is 0. The van der Waals surface area contributed by atoms with Crippen molar-refractivity contribution in [3.63, 3.8) is 0 Å². The highest BCUT2D eigenvalue weighted by atomic mass is 31.1. The lowest BCUT2D eigenvalue weighted by Crippen LogP contribution is -1.85. The fraction of sp³-hybridized carbons (Fsp3) is 0.636. The van der Waals surface area contributed by atoms with Crippen molar-refractivity contribution < 1.29 is 9.13 Å². The summed E-state index contributed by atoms with van der Waals surface area (Å²) in [6.45, 7) is 6.22. The van der Waals surface area contributed by atoms with Gasteiger partial charge in [0.25, 0.3) is 0 Å². The molecule has 4 heteroatoms. The molecule has 0 atom stereocenters. The summed E-state index contributed by atoms with van der Waals surface area (Å²) in [7, 11) is -0.0753. The van der Waals surface area contributed by atoms with Crippen molar-refractivity contribution >= 4 is 16.9 Å². The maximum Gasteiger partial charge on any atom is 0.171 e. The van der Waals surface area contributed by atoms with E-state index < -0.39 is 0 Å². The van der Waals surface area contributed by atoms with Gasteiger partial charge < -0.3 is 0 Å². The molecule has 0 aliphatic heterocycles. The molecular weight excluding hydrogens is 226 g/mol. The van der Waals surface area contributed by atoms with Crippen molar-refractivity contribution in [1.29, 1.82) is 0 Å². The highest BCUT2D eigenvalue weighted by Gasteiger charge is 2.05. The van der Waals surface area contributed by atoms with Crippen LogP contribution in [0.25, 0.3) is 0 Å². The average Bonchev–Trinajstić information content (AvgIpc) is 2.18. The van der Waals surface area contributed by atoms with E-state index >= 15 is 0 Å². The van der Waals surface area contributed by atoms with Crippen LogP contribution in [-0.4, -0.2) is 5.40 Å². The summed E-state index contributed by atoms with van der Waals surface area (Å²) in [5.74, 6) is 0. The van der Waals surface area contributed by atoms with Gasteiger partial charge in [-0.15, -0.1) is 0 Å². The largest absolute Gasteiger partial charge is 0.274 e. The third-order valence-corrected chi connectivity index (χ3v) is 3.49. The first kappa shape index (κ1) is 14.7. The predicted molar refractivity (Wildman–Crippen MR) is 66.0 cm³/mol. The Bertz CT molecular complexity index is 258. The quantitative estimate of drug-likeness (QED) is 0.467. The standard InChI is InChI=1S/C11H18O2P2/c1-9(2)5-4-6-10(3)7-8-11(14-12)15-13/h5,7,11H,4,6,8H2,1-3H3/b10-7+. The molecule has 0 aromatic rings. The molecule has 0 aromatic carbocycles. The number of allylic oxidation sites excluding steroid dienone is 4. The minimum absolute atomic E-state index is 0.0376. The van der Waals surface area contributed by atoms with Crippen LogP contribution in [0.5, 0.6) is 0 Å². The molecular formula is C11H18O2P2. The van der Waals surface area contributed by atoms with Crippen LogP contribution in [0.3, 0.4) is 0 Å². The molecule has 0 saturated heterocycles. The fourth-order valence-corrected chi connectivity index (χ4v) is 1.64. The third-order valence-electron chi connectivity index (χ3n) is 2.01. The normalized spacial score (nSPS) is 14.2. The van der Waals surface area contributed by atoms with Gasteiger partial charge in [0, 0.05) is 0 Å². The van der Waals surface area contributed by atoms with Gasteiger partial charge in [0.2, 0.25) is 0 Å². The summed E-state index contributed by atoms with van der Waals surface area (Å²) in [6, 6.07) is 0. The molecule has 0 amide bonds. The van der Waals surface area contributed by atoms with E-state index in [0.717, 1.165) is 12.8 Å². The molecule has 0 bridgehead atoms. The summed E-state index contributed by atoms with van der Waals surface area (Å²) in [5.41, 5.74) is 2.60. The SMILES string of the molecule is CC(C)=CCC/C(C)=C/CC(P=O)P=O. The van der Waals surface area contributed by atoms with Gasteiger partial charge in [-0.2, -0.15) is 0 Å². The van der Waals surface area contributed by atoms with Crippen molar-refractivity contribution in [3.8, 4) is 0 Å². The maximum absolute atomic E-state index is 10.5. The molecule has 0 aromatic heterocycles. The van der Waals surface area contributed by atoms with E-state index in [1.165, 1.54) is 11.1 Å². The lowest BCUT2D eigenvalue weighted by Gasteiger charge is -1.99. The van der Waals surface area contributed by atoms with Gasteiger partial charge in [0.05, 0.1) is 0 Å². The number of hydrogen-bond donors (Lipinski definition) is 0. The van der Waals surface area contributed by atoms with E-state index in [1.807, 2.05) is 6.08 Å². The zero-order valence-electron chi connectivity index (χ0n) is 9.56. The molecule has 0 N–H and O–H groups in total. The number of hydrogen-bond acceptors (Lipinski definition) is 2. The maximum atomic E-state index is 10.5. The van der Waals surface area contributed by atoms with Gasteiger partial charge in [-0.05, 0) is 40.0 Å². The lowest BCUT2D eigenvalue weighted by molar-refractivity contribution is 0.587. The van der Waals surface area contributed by atoms with Gasteiger partial charge in [0.15, 0.2) is 16.9 Å². The Kier molecular flexibility index (Phi) is 8.76. The van der Waals surface area contributed by atoms with Crippen molar-refractivity contribution in [3.05, 3.63) is 23.3 Å². The summed E-state index contributed by atoms with van der Waals surface area (Å²) >= 11 is 0. The lowest BCUT2D eigenvalue weighted by atomic mass is 10.1. The smallest absolute Gasteiger partial charge is 0.171 e. The third kappa shape index (κ3) is 8.66. The molecule has 0 fully saturated rings. The van der Waals surface area contributed by atoms with Crippen LogP contribution >= 0.6 is 16.9 Å². The predicted octanol–water partition coefficient (Wildman–Crippen LogP) is 4.98. The molecule has 0 heterocycles. The fourth-order valence-electron chi connectivity index (χ4n) is 1.10. The van der Waals surface area contributed by atoms with Crippen LogP contribution in [0.4, 0.5) is 0 Å². The molecule has 0 rings (SSSR count). The summed E-state index contributed by atoms with van der Waals surface area (Å²) < 4.78 is 21.0. The van der Waals surface area contributed by atoms with Gasteiger partial charge in [-0.25, -0.2) is 0 Å². The first-order chi connectivity index (χ1) is 7.10. The Labute approximate surface area is 95.2 Å². The van der Waals surface area contributed by atoms with E-state index in [-0.39, 0.29) is 22.3 Å². The molecule has 0 unspecified atom stereocenters. The zero-order valence-corrected chi connectivity index (χ0v) is 11.4. The van der Waals surface area contributed by atoms with E-state index in [1.54, 1.807) is 0 Å². The Hall–Kier alpha value is -0.320. The van der Waals surface area contributed by atoms with E-state index in [9.17, 15) is 9.13 Å². The van der Waals surface area contributed by atoms with Gasteiger partial charge >= 0.3 is 0 Å². The second-order valence-electron chi connectivity index (χ2n) is 3.80. The highest BCUT2D eigenvalue weighted by molar-refractivity contribution is 7.44. The van der Waals surface area contributed by atoms with Gasteiger partial charge in [0.1, 0.15) is 5.40 Å². The molecule has 0 aliphatic carbocycles. The topological polar surface area (TPSA) is 34.1 Å². The van der Waals surface area contributed by atoms with Crippen LogP contribution in [0.1, 0.15) is 40.0 Å². The Balaban J connectivity index is 3.93. The first-order valence-corrected chi connectivity index (χ1v) is 6.80. The first-order valence-electron chi connectivity index (χ1n) is 5.04. The van der Waals surface area contributed by atoms with Crippen molar-refractivity contribution in [2.45, 2.75) is 45.4 Å². The summed E-state index contributed by atoms with van der Waals surface area (Å²) in [6.07, 6.45) is 6.91. The Morgan fingerprint density at radius 3 is 2.20 bits per heavy atom. The van der Waals surface area contributed by atoms with Gasteiger partial charge in [-0.1, -0.05) is 23.3 Å². The highest BCUT2D eigenvalue weighted by Crippen LogP contribution is 2.24. The molecule has 0 aliphatic rings. The average molecular weight is 244 g/mol. The number of rotatable bonds is 7. The van der Waals surface area contributed by atoms with E-state index in [2.05, 4.69) is 26.8 Å². The molecule has 84 valence electrons. The Morgan fingerprint density at radius 2 is 1.73 bits per heavy atom. The zero-order chi connectivity index (χ0) is 11.7. The minimum atomic E-state index is -0.275. The summed E-state index contributed by atoms with van der Waals surface area (Å²) in [5, 5.41) is -0.275. The van der Waals surface area contributed by atoms with E-state index in [4.69, 9.17) is 0 Å². The Morgan fingerprint density at radius 1 is 1.13 bits per heavy atom.